The van der Waals surface area contributed by atoms with E-state index in [1.54, 1.807) is 11.3 Å². The molecule has 1 heterocycles. The van der Waals surface area contributed by atoms with Crippen molar-refractivity contribution in [1.82, 2.24) is 5.32 Å². The van der Waals surface area contributed by atoms with Crippen LogP contribution < -0.4 is 5.32 Å². The summed E-state index contributed by atoms with van der Waals surface area (Å²) in [5, 5.41) is 4.64. The maximum absolute atomic E-state index is 11.2. The van der Waals surface area contributed by atoms with Crippen molar-refractivity contribution >= 4 is 39.0 Å². The highest BCUT2D eigenvalue weighted by Gasteiger charge is 2.23. The molecule has 1 rings (SSSR count). The van der Waals surface area contributed by atoms with Crippen LogP contribution in [0.3, 0.4) is 0 Å². The Morgan fingerprint density at radius 3 is 2.56 bits per heavy atom. The van der Waals surface area contributed by atoms with Crippen LogP contribution in [0.1, 0.15) is 25.6 Å². The SMILES string of the molecule is CC(=O)C(=O)NCC(C)(C)c1cc(Br)cs1. The lowest BCUT2D eigenvalue weighted by Gasteiger charge is -2.23. The summed E-state index contributed by atoms with van der Waals surface area (Å²) in [5.74, 6) is -0.980. The van der Waals surface area contributed by atoms with E-state index in [1.165, 1.54) is 11.8 Å². The average molecular weight is 304 g/mol. The standard InChI is InChI=1S/C11H14BrNO2S/c1-7(14)10(15)13-6-11(2,3)9-4-8(12)5-16-9/h4-5H,6H2,1-3H3,(H,13,15). The van der Waals surface area contributed by atoms with Crippen molar-refractivity contribution in [3.8, 4) is 0 Å². The largest absolute Gasteiger partial charge is 0.349 e. The Morgan fingerprint density at radius 1 is 1.50 bits per heavy atom. The fourth-order valence-electron chi connectivity index (χ4n) is 1.18. The molecule has 0 saturated carbocycles. The first-order chi connectivity index (χ1) is 7.33. The van der Waals surface area contributed by atoms with Gasteiger partial charge in [-0.25, -0.2) is 0 Å². The topological polar surface area (TPSA) is 46.2 Å². The summed E-state index contributed by atoms with van der Waals surface area (Å²) < 4.78 is 1.04. The number of carbonyl (C=O) groups excluding carboxylic acids is 2. The van der Waals surface area contributed by atoms with Gasteiger partial charge in [0.2, 0.25) is 5.78 Å². The molecule has 0 aliphatic carbocycles. The van der Waals surface area contributed by atoms with Crippen molar-refractivity contribution in [2.45, 2.75) is 26.2 Å². The smallest absolute Gasteiger partial charge is 0.287 e. The Bertz CT molecular complexity index is 412. The molecule has 3 nitrogen and oxygen atoms in total. The van der Waals surface area contributed by atoms with Gasteiger partial charge in [-0.15, -0.1) is 11.3 Å². The molecule has 0 aromatic carbocycles. The van der Waals surface area contributed by atoms with Gasteiger partial charge in [0.1, 0.15) is 0 Å². The maximum atomic E-state index is 11.2. The molecule has 5 heteroatoms. The minimum absolute atomic E-state index is 0.165. The van der Waals surface area contributed by atoms with Crippen LogP contribution >= 0.6 is 27.3 Å². The van der Waals surface area contributed by atoms with Gasteiger partial charge in [-0.1, -0.05) is 13.8 Å². The fourth-order valence-corrected chi connectivity index (χ4v) is 2.74. The van der Waals surface area contributed by atoms with Gasteiger partial charge in [0.25, 0.3) is 5.91 Å². The molecule has 0 fully saturated rings. The Morgan fingerprint density at radius 2 is 2.12 bits per heavy atom. The van der Waals surface area contributed by atoms with E-state index in [1.807, 2.05) is 25.3 Å². The number of thiophene rings is 1. The third-order valence-corrected chi connectivity index (χ3v) is 4.30. The summed E-state index contributed by atoms with van der Waals surface area (Å²) in [6, 6.07) is 2.03. The lowest BCUT2D eigenvalue weighted by atomic mass is 9.91. The Hall–Kier alpha value is -0.680. The molecule has 0 radical (unpaired) electrons. The summed E-state index contributed by atoms with van der Waals surface area (Å²) in [7, 11) is 0. The van der Waals surface area contributed by atoms with Gasteiger partial charge in [-0.05, 0) is 22.0 Å². The van der Waals surface area contributed by atoms with Crippen LogP contribution in [-0.4, -0.2) is 18.2 Å². The summed E-state index contributed by atoms with van der Waals surface area (Å²) in [4.78, 5) is 23.1. The summed E-state index contributed by atoms with van der Waals surface area (Å²) >= 11 is 5.03. The third kappa shape index (κ3) is 3.42. The number of hydrogen-bond acceptors (Lipinski definition) is 3. The van der Waals surface area contributed by atoms with E-state index in [-0.39, 0.29) is 5.41 Å². The van der Waals surface area contributed by atoms with Crippen molar-refractivity contribution in [2.75, 3.05) is 6.54 Å². The van der Waals surface area contributed by atoms with E-state index in [9.17, 15) is 9.59 Å². The number of nitrogens with one attached hydrogen (secondary N) is 1. The predicted molar refractivity (Wildman–Crippen MR) is 68.7 cm³/mol. The highest BCUT2D eigenvalue weighted by Crippen LogP contribution is 2.30. The minimum Gasteiger partial charge on any atom is -0.349 e. The lowest BCUT2D eigenvalue weighted by molar-refractivity contribution is -0.136. The molecule has 88 valence electrons. The van der Waals surface area contributed by atoms with E-state index in [0.29, 0.717) is 6.54 Å². The van der Waals surface area contributed by atoms with E-state index in [4.69, 9.17) is 0 Å². The van der Waals surface area contributed by atoms with Gasteiger partial charge in [0.05, 0.1) is 0 Å². The first kappa shape index (κ1) is 13.4. The number of hydrogen-bond donors (Lipinski definition) is 1. The molecule has 0 unspecified atom stereocenters. The minimum atomic E-state index is -0.524. The molecule has 0 spiro atoms. The second kappa shape index (κ2) is 5.10. The summed E-state index contributed by atoms with van der Waals surface area (Å²) in [5.41, 5.74) is -0.165. The lowest BCUT2D eigenvalue weighted by Crippen LogP contribution is -2.38. The summed E-state index contributed by atoms with van der Waals surface area (Å²) in [6.07, 6.45) is 0. The number of amides is 1. The predicted octanol–water partition coefficient (Wildman–Crippen LogP) is 2.49. The zero-order chi connectivity index (χ0) is 12.3. The zero-order valence-corrected chi connectivity index (χ0v) is 11.9. The van der Waals surface area contributed by atoms with Gasteiger partial charge in [-0.2, -0.15) is 0 Å². The Kier molecular flexibility index (Phi) is 4.27. The number of Topliss-reactive ketones (excluding diaryl/α,β-unsaturated/α-hetero) is 1. The quantitative estimate of drug-likeness (QED) is 0.869. The summed E-state index contributed by atoms with van der Waals surface area (Å²) in [6.45, 7) is 5.79. The molecule has 1 aromatic rings. The van der Waals surface area contributed by atoms with Crippen LogP contribution in [0.4, 0.5) is 0 Å². The molecule has 1 N–H and O–H groups in total. The van der Waals surface area contributed by atoms with Crippen molar-refractivity contribution in [3.05, 3.63) is 20.8 Å². The number of ketones is 1. The Labute approximate surface area is 107 Å². The van der Waals surface area contributed by atoms with E-state index >= 15 is 0 Å². The van der Waals surface area contributed by atoms with E-state index in [2.05, 4.69) is 21.2 Å². The van der Waals surface area contributed by atoms with Gasteiger partial charge in [-0.3, -0.25) is 9.59 Å². The van der Waals surface area contributed by atoms with Gasteiger partial charge in [0.15, 0.2) is 0 Å². The molecule has 16 heavy (non-hydrogen) atoms. The molecular weight excluding hydrogens is 290 g/mol. The van der Waals surface area contributed by atoms with Crippen LogP contribution in [0.15, 0.2) is 15.9 Å². The highest BCUT2D eigenvalue weighted by molar-refractivity contribution is 9.10. The molecule has 0 aliphatic heterocycles. The monoisotopic (exact) mass is 303 g/mol. The molecule has 1 amide bonds. The second-order valence-corrected chi connectivity index (χ2v) is 6.08. The maximum Gasteiger partial charge on any atom is 0.287 e. The van der Waals surface area contributed by atoms with Crippen molar-refractivity contribution in [3.63, 3.8) is 0 Å². The molecular formula is C11H14BrNO2S. The molecule has 0 bridgehead atoms. The molecule has 0 saturated heterocycles. The van der Waals surface area contributed by atoms with Crippen LogP contribution in [0.25, 0.3) is 0 Å². The van der Waals surface area contributed by atoms with Crippen LogP contribution in [0.2, 0.25) is 0 Å². The number of rotatable bonds is 4. The molecule has 1 aromatic heterocycles. The fraction of sp³-hybridized carbons (Fsp3) is 0.455. The number of halogens is 1. The third-order valence-electron chi connectivity index (χ3n) is 2.25. The van der Waals surface area contributed by atoms with Crippen LogP contribution in [0.5, 0.6) is 0 Å². The molecule has 0 aliphatic rings. The van der Waals surface area contributed by atoms with Crippen molar-refractivity contribution in [1.29, 1.82) is 0 Å². The first-order valence-corrected chi connectivity index (χ1v) is 6.53. The van der Waals surface area contributed by atoms with E-state index < -0.39 is 11.7 Å². The molecule has 0 atom stereocenters. The average Bonchev–Trinajstić information content (AvgIpc) is 2.61. The van der Waals surface area contributed by atoms with Crippen LogP contribution in [-0.2, 0) is 15.0 Å². The van der Waals surface area contributed by atoms with Crippen LogP contribution in [0, 0.1) is 0 Å². The van der Waals surface area contributed by atoms with Gasteiger partial charge < -0.3 is 5.32 Å². The second-order valence-electron chi connectivity index (χ2n) is 4.25. The zero-order valence-electron chi connectivity index (χ0n) is 9.46. The normalized spacial score (nSPS) is 11.2. The Balaban J connectivity index is 2.65. The van der Waals surface area contributed by atoms with Gasteiger partial charge in [0, 0.05) is 33.6 Å². The van der Waals surface area contributed by atoms with Gasteiger partial charge >= 0.3 is 0 Å². The number of carbonyl (C=O) groups is 2. The first-order valence-electron chi connectivity index (χ1n) is 4.86. The van der Waals surface area contributed by atoms with Crippen molar-refractivity contribution < 1.29 is 9.59 Å². The highest BCUT2D eigenvalue weighted by atomic mass is 79.9. The van der Waals surface area contributed by atoms with Crippen molar-refractivity contribution in [2.24, 2.45) is 0 Å². The van der Waals surface area contributed by atoms with E-state index in [0.717, 1.165) is 4.47 Å².